The summed E-state index contributed by atoms with van der Waals surface area (Å²) in [6, 6.07) is 11.8. The van der Waals surface area contributed by atoms with Crippen LogP contribution in [0, 0.1) is 0 Å². The molecule has 0 radical (unpaired) electrons. The second-order valence-corrected chi connectivity index (χ2v) is 8.02. The van der Waals surface area contributed by atoms with Crippen molar-refractivity contribution in [2.24, 2.45) is 0 Å². The van der Waals surface area contributed by atoms with E-state index in [0.29, 0.717) is 22.2 Å². The first kappa shape index (κ1) is 20.4. The lowest BCUT2D eigenvalue weighted by Crippen LogP contribution is -2.43. The van der Waals surface area contributed by atoms with Gasteiger partial charge >= 0.3 is 0 Å². The minimum atomic E-state index is -0.246. The average Bonchev–Trinajstić information content (AvgIpc) is 3.27. The average molecular weight is 448 g/mol. The second kappa shape index (κ2) is 8.57. The largest absolute Gasteiger partial charge is 0.369 e. The Morgan fingerprint density at radius 2 is 1.78 bits per heavy atom. The lowest BCUT2D eigenvalue weighted by molar-refractivity contribution is 0.0987. The van der Waals surface area contributed by atoms with Gasteiger partial charge in [0.25, 0.3) is 5.91 Å². The number of rotatable bonds is 4. The van der Waals surface area contributed by atoms with Crippen LogP contribution in [0.1, 0.15) is 10.5 Å². The number of pyridine rings is 1. The van der Waals surface area contributed by atoms with Crippen LogP contribution in [0.5, 0.6) is 0 Å². The second-order valence-electron chi connectivity index (χ2n) is 7.63. The first-order valence-corrected chi connectivity index (χ1v) is 10.8. The molecule has 3 aromatic heterocycles. The molecular weight excluding hydrogens is 426 g/mol. The third kappa shape index (κ3) is 3.90. The maximum atomic E-state index is 13.0. The van der Waals surface area contributed by atoms with Gasteiger partial charge in [0.05, 0.1) is 30.0 Å². The molecule has 9 heteroatoms. The number of hydrogen-bond acceptors (Lipinski definition) is 6. The molecule has 1 aromatic carbocycles. The number of carbonyl (C=O) groups excluding carboxylic acids is 1. The maximum Gasteiger partial charge on any atom is 0.278 e. The molecule has 1 aliphatic rings. The Morgan fingerprint density at radius 1 is 1.00 bits per heavy atom. The number of fused-ring (bicyclic) bond motifs is 1. The summed E-state index contributed by atoms with van der Waals surface area (Å²) < 4.78 is 1.90. The van der Waals surface area contributed by atoms with Crippen molar-refractivity contribution in [3.05, 3.63) is 72.0 Å². The molecule has 162 valence electrons. The zero-order valence-corrected chi connectivity index (χ0v) is 18.3. The van der Waals surface area contributed by atoms with Crippen molar-refractivity contribution >= 4 is 34.5 Å². The summed E-state index contributed by atoms with van der Waals surface area (Å²) in [5.41, 5.74) is 4.76. The SMILES string of the molecule is CN(C(=O)c1cn2c(-c3ccc(N4CCNCC4)cc3)cnc2cn1)c1ccc(Cl)nc1. The molecule has 1 amide bonds. The van der Waals surface area contributed by atoms with Gasteiger partial charge in [-0.25, -0.2) is 15.0 Å². The minimum absolute atomic E-state index is 0.246. The summed E-state index contributed by atoms with van der Waals surface area (Å²) in [7, 11) is 1.68. The van der Waals surface area contributed by atoms with Crippen molar-refractivity contribution in [2.45, 2.75) is 0 Å². The predicted molar refractivity (Wildman–Crippen MR) is 125 cm³/mol. The van der Waals surface area contributed by atoms with Crippen molar-refractivity contribution in [2.75, 3.05) is 43.0 Å². The highest BCUT2D eigenvalue weighted by molar-refractivity contribution is 6.29. The van der Waals surface area contributed by atoms with Crippen molar-refractivity contribution in [3.63, 3.8) is 0 Å². The van der Waals surface area contributed by atoms with Crippen LogP contribution in [0.4, 0.5) is 11.4 Å². The van der Waals surface area contributed by atoms with E-state index in [0.717, 1.165) is 37.4 Å². The van der Waals surface area contributed by atoms with Crippen LogP contribution in [0.2, 0.25) is 5.15 Å². The lowest BCUT2D eigenvalue weighted by Gasteiger charge is -2.29. The van der Waals surface area contributed by atoms with Crippen molar-refractivity contribution < 1.29 is 4.79 Å². The summed E-state index contributed by atoms with van der Waals surface area (Å²) in [5.74, 6) is -0.246. The van der Waals surface area contributed by atoms with E-state index in [-0.39, 0.29) is 5.91 Å². The van der Waals surface area contributed by atoms with Crippen LogP contribution >= 0.6 is 11.6 Å². The Morgan fingerprint density at radius 3 is 2.50 bits per heavy atom. The van der Waals surface area contributed by atoms with Gasteiger partial charge in [0, 0.05) is 50.7 Å². The molecule has 0 atom stereocenters. The number of piperazine rings is 1. The normalized spacial score (nSPS) is 14.0. The quantitative estimate of drug-likeness (QED) is 0.484. The smallest absolute Gasteiger partial charge is 0.278 e. The molecule has 8 nitrogen and oxygen atoms in total. The van der Waals surface area contributed by atoms with Crippen molar-refractivity contribution in [3.8, 4) is 11.3 Å². The molecule has 1 N–H and O–H groups in total. The van der Waals surface area contributed by atoms with E-state index in [1.165, 1.54) is 10.6 Å². The summed E-state index contributed by atoms with van der Waals surface area (Å²) in [5, 5.41) is 3.75. The number of amides is 1. The minimum Gasteiger partial charge on any atom is -0.369 e. The van der Waals surface area contributed by atoms with E-state index in [1.54, 1.807) is 44.0 Å². The van der Waals surface area contributed by atoms with Gasteiger partial charge in [-0.05, 0) is 24.3 Å². The molecule has 0 aliphatic carbocycles. The summed E-state index contributed by atoms with van der Waals surface area (Å²) in [6.45, 7) is 4.00. The summed E-state index contributed by atoms with van der Waals surface area (Å²) in [6.07, 6.45) is 6.70. The molecule has 1 fully saturated rings. The van der Waals surface area contributed by atoms with Crippen LogP contribution in [-0.2, 0) is 0 Å². The molecule has 1 saturated heterocycles. The molecule has 1 aliphatic heterocycles. The van der Waals surface area contributed by atoms with E-state index in [1.807, 2.05) is 4.40 Å². The maximum absolute atomic E-state index is 13.0. The molecule has 0 saturated carbocycles. The summed E-state index contributed by atoms with van der Waals surface area (Å²) in [4.78, 5) is 29.7. The first-order chi connectivity index (χ1) is 15.6. The molecule has 32 heavy (non-hydrogen) atoms. The van der Waals surface area contributed by atoms with Crippen molar-refractivity contribution in [1.29, 1.82) is 0 Å². The van der Waals surface area contributed by atoms with Gasteiger partial charge in [0.2, 0.25) is 0 Å². The van der Waals surface area contributed by atoms with E-state index in [2.05, 4.69) is 49.4 Å². The zero-order chi connectivity index (χ0) is 22.1. The van der Waals surface area contributed by atoms with Gasteiger partial charge in [0.15, 0.2) is 5.65 Å². The number of nitrogens with one attached hydrogen (secondary N) is 1. The fourth-order valence-corrected chi connectivity index (χ4v) is 3.95. The highest BCUT2D eigenvalue weighted by Crippen LogP contribution is 2.25. The molecule has 4 aromatic rings. The number of anilines is 2. The number of halogens is 1. The van der Waals surface area contributed by atoms with Gasteiger partial charge < -0.3 is 15.1 Å². The first-order valence-electron chi connectivity index (χ1n) is 10.4. The van der Waals surface area contributed by atoms with Gasteiger partial charge in [-0.2, -0.15) is 0 Å². The molecular formula is C23H22ClN7O. The van der Waals surface area contributed by atoms with Gasteiger partial charge in [0.1, 0.15) is 10.8 Å². The number of carbonyl (C=O) groups is 1. The van der Waals surface area contributed by atoms with Crippen LogP contribution in [0.25, 0.3) is 16.9 Å². The predicted octanol–water partition coefficient (Wildman–Crippen LogP) is 3.13. The van der Waals surface area contributed by atoms with Crippen LogP contribution in [0.3, 0.4) is 0 Å². The number of imidazole rings is 1. The Balaban J connectivity index is 1.43. The monoisotopic (exact) mass is 447 g/mol. The van der Waals surface area contributed by atoms with Gasteiger partial charge in [-0.3, -0.25) is 9.20 Å². The number of benzene rings is 1. The van der Waals surface area contributed by atoms with Gasteiger partial charge in [-0.1, -0.05) is 23.7 Å². The highest BCUT2D eigenvalue weighted by Gasteiger charge is 2.18. The standard InChI is InChI=1S/C23H22ClN7O/c1-29(18-6-7-21(24)27-12-18)23(32)19-15-31-20(13-28-22(31)14-26-19)16-2-4-17(5-3-16)30-10-8-25-9-11-30/h2-7,12-15,25H,8-11H2,1H3. The molecule has 5 rings (SSSR count). The fourth-order valence-electron chi connectivity index (χ4n) is 3.83. The Bertz CT molecular complexity index is 1250. The highest BCUT2D eigenvalue weighted by atomic mass is 35.5. The Labute approximate surface area is 190 Å². The van der Waals surface area contributed by atoms with Crippen molar-refractivity contribution in [1.82, 2.24) is 24.7 Å². The number of aromatic nitrogens is 4. The third-order valence-electron chi connectivity index (χ3n) is 5.66. The van der Waals surface area contributed by atoms with Crippen LogP contribution in [-0.4, -0.2) is 58.5 Å². The fraction of sp³-hybridized carbons (Fsp3) is 0.217. The number of nitrogens with zero attached hydrogens (tertiary/aromatic N) is 6. The van der Waals surface area contributed by atoms with Crippen LogP contribution < -0.4 is 15.1 Å². The lowest BCUT2D eigenvalue weighted by atomic mass is 10.1. The Hall–Kier alpha value is -3.49. The number of hydrogen-bond donors (Lipinski definition) is 1. The van der Waals surface area contributed by atoms with E-state index in [9.17, 15) is 4.79 Å². The molecule has 0 spiro atoms. The Kier molecular flexibility index (Phi) is 5.46. The van der Waals surface area contributed by atoms with E-state index in [4.69, 9.17) is 11.6 Å². The molecule has 0 unspecified atom stereocenters. The topological polar surface area (TPSA) is 78.7 Å². The third-order valence-corrected chi connectivity index (χ3v) is 5.89. The summed E-state index contributed by atoms with van der Waals surface area (Å²) >= 11 is 5.85. The molecule has 4 heterocycles. The van der Waals surface area contributed by atoms with E-state index < -0.39 is 0 Å². The zero-order valence-electron chi connectivity index (χ0n) is 17.6. The van der Waals surface area contributed by atoms with Gasteiger partial charge in [-0.15, -0.1) is 0 Å². The van der Waals surface area contributed by atoms with E-state index >= 15 is 0 Å². The van der Waals surface area contributed by atoms with Crippen LogP contribution in [0.15, 0.2) is 61.2 Å². The molecule has 0 bridgehead atoms.